The predicted molar refractivity (Wildman–Crippen MR) is 84.5 cm³/mol. The Hall–Kier alpha value is -1.94. The summed E-state index contributed by atoms with van der Waals surface area (Å²) in [6, 6.07) is 8.79. The molecule has 1 unspecified atom stereocenters. The first kappa shape index (κ1) is 14.0. The van der Waals surface area contributed by atoms with E-state index in [1.165, 1.54) is 16.7 Å². The number of aryl methyl sites for hydroxylation is 1. The first-order chi connectivity index (χ1) is 10.3. The number of ether oxygens (including phenoxy) is 1. The van der Waals surface area contributed by atoms with Gasteiger partial charge in [0.05, 0.1) is 18.3 Å². The van der Waals surface area contributed by atoms with Crippen LogP contribution in [0.3, 0.4) is 0 Å². The van der Waals surface area contributed by atoms with Crippen LogP contribution in [-0.2, 0) is 17.6 Å². The maximum atomic E-state index is 5.26. The molecule has 0 saturated carbocycles. The highest BCUT2D eigenvalue weighted by atomic mass is 16.5. The molecule has 0 spiro atoms. The van der Waals surface area contributed by atoms with Crippen LogP contribution in [0.4, 0.5) is 5.82 Å². The maximum Gasteiger partial charge on any atom is 0.133 e. The van der Waals surface area contributed by atoms with Gasteiger partial charge in [0, 0.05) is 18.2 Å². The summed E-state index contributed by atoms with van der Waals surface area (Å²) in [6.07, 6.45) is 4.69. The Morgan fingerprint density at radius 1 is 1.24 bits per heavy atom. The Morgan fingerprint density at radius 2 is 2.10 bits per heavy atom. The highest BCUT2D eigenvalue weighted by Crippen LogP contribution is 2.34. The van der Waals surface area contributed by atoms with Crippen molar-refractivity contribution in [3.05, 3.63) is 41.7 Å². The van der Waals surface area contributed by atoms with Gasteiger partial charge >= 0.3 is 0 Å². The number of aromatic nitrogens is 2. The van der Waals surface area contributed by atoms with Crippen LogP contribution in [0.15, 0.2) is 30.6 Å². The van der Waals surface area contributed by atoms with E-state index >= 15 is 0 Å². The predicted octanol–water partition coefficient (Wildman–Crippen LogP) is 3.08. The van der Waals surface area contributed by atoms with Gasteiger partial charge in [-0.1, -0.05) is 31.2 Å². The van der Waals surface area contributed by atoms with Crippen LogP contribution in [0.25, 0.3) is 11.3 Å². The lowest BCUT2D eigenvalue weighted by atomic mass is 9.89. The molecule has 1 aliphatic carbocycles. The molecule has 3 rings (SSSR count). The van der Waals surface area contributed by atoms with Crippen molar-refractivity contribution in [2.24, 2.45) is 0 Å². The van der Waals surface area contributed by atoms with Crippen LogP contribution in [-0.4, -0.2) is 29.7 Å². The third-order valence-electron chi connectivity index (χ3n) is 4.06. The quantitative estimate of drug-likeness (QED) is 0.916. The standard InChI is InChI=1S/C17H21N3O/c1-3-13(10-21-2)20-17-15-9-8-12-6-4-5-7-14(12)16(15)18-11-19-17/h4-7,11,13H,3,8-10H2,1-2H3,(H,18,19,20). The van der Waals surface area contributed by atoms with Crippen molar-refractivity contribution in [2.75, 3.05) is 19.0 Å². The normalized spacial score (nSPS) is 14.2. The summed E-state index contributed by atoms with van der Waals surface area (Å²) in [7, 11) is 1.73. The molecular weight excluding hydrogens is 262 g/mol. The van der Waals surface area contributed by atoms with Gasteiger partial charge in [0.25, 0.3) is 0 Å². The van der Waals surface area contributed by atoms with Crippen LogP contribution in [0.1, 0.15) is 24.5 Å². The molecule has 21 heavy (non-hydrogen) atoms. The van der Waals surface area contributed by atoms with E-state index in [0.29, 0.717) is 6.61 Å². The summed E-state index contributed by atoms with van der Waals surface area (Å²) >= 11 is 0. The monoisotopic (exact) mass is 283 g/mol. The molecule has 1 aromatic heterocycles. The van der Waals surface area contributed by atoms with E-state index < -0.39 is 0 Å². The summed E-state index contributed by atoms with van der Waals surface area (Å²) in [5.41, 5.74) is 4.91. The van der Waals surface area contributed by atoms with Crippen LogP contribution in [0, 0.1) is 0 Å². The molecule has 2 aromatic rings. The minimum atomic E-state index is 0.283. The average Bonchev–Trinajstić information content (AvgIpc) is 2.54. The van der Waals surface area contributed by atoms with Crippen molar-refractivity contribution in [3.8, 4) is 11.3 Å². The molecule has 1 aromatic carbocycles. The third kappa shape index (κ3) is 2.76. The molecule has 1 N–H and O–H groups in total. The Balaban J connectivity index is 1.96. The number of rotatable bonds is 5. The van der Waals surface area contributed by atoms with E-state index in [2.05, 4.69) is 46.5 Å². The topological polar surface area (TPSA) is 47.0 Å². The van der Waals surface area contributed by atoms with Crippen molar-refractivity contribution in [3.63, 3.8) is 0 Å². The second-order valence-corrected chi connectivity index (χ2v) is 5.41. The van der Waals surface area contributed by atoms with E-state index in [0.717, 1.165) is 30.8 Å². The van der Waals surface area contributed by atoms with E-state index in [-0.39, 0.29) is 6.04 Å². The molecule has 1 atom stereocenters. The Morgan fingerprint density at radius 3 is 2.90 bits per heavy atom. The Labute approximate surface area is 125 Å². The fourth-order valence-corrected chi connectivity index (χ4v) is 2.89. The SMILES string of the molecule is CCC(COC)Nc1ncnc2c1CCc1ccccc1-2. The van der Waals surface area contributed by atoms with Gasteiger partial charge in [-0.25, -0.2) is 9.97 Å². The van der Waals surface area contributed by atoms with Crippen molar-refractivity contribution in [1.29, 1.82) is 0 Å². The molecular formula is C17H21N3O. The van der Waals surface area contributed by atoms with Crippen molar-refractivity contribution < 1.29 is 4.74 Å². The summed E-state index contributed by atoms with van der Waals surface area (Å²) < 4.78 is 5.26. The van der Waals surface area contributed by atoms with Gasteiger partial charge in [0.1, 0.15) is 12.1 Å². The van der Waals surface area contributed by atoms with E-state index in [1.54, 1.807) is 13.4 Å². The zero-order valence-electron chi connectivity index (χ0n) is 12.6. The van der Waals surface area contributed by atoms with Gasteiger partial charge in [-0.2, -0.15) is 0 Å². The second-order valence-electron chi connectivity index (χ2n) is 5.41. The van der Waals surface area contributed by atoms with Crippen LogP contribution in [0.2, 0.25) is 0 Å². The fraction of sp³-hybridized carbons (Fsp3) is 0.412. The number of methoxy groups -OCH3 is 1. The fourth-order valence-electron chi connectivity index (χ4n) is 2.89. The lowest BCUT2D eigenvalue weighted by Crippen LogP contribution is -2.26. The number of fused-ring (bicyclic) bond motifs is 3. The van der Waals surface area contributed by atoms with Crippen molar-refractivity contribution in [1.82, 2.24) is 9.97 Å². The van der Waals surface area contributed by atoms with E-state index in [4.69, 9.17) is 4.74 Å². The summed E-state index contributed by atoms with van der Waals surface area (Å²) in [4.78, 5) is 8.98. The molecule has 0 bridgehead atoms. The van der Waals surface area contributed by atoms with Gasteiger partial charge in [-0.3, -0.25) is 0 Å². The maximum absolute atomic E-state index is 5.26. The molecule has 0 radical (unpaired) electrons. The minimum Gasteiger partial charge on any atom is -0.383 e. The Kier molecular flexibility index (Phi) is 4.15. The van der Waals surface area contributed by atoms with Crippen LogP contribution < -0.4 is 5.32 Å². The first-order valence-electron chi connectivity index (χ1n) is 7.51. The molecule has 1 heterocycles. The molecule has 1 aliphatic rings. The lowest BCUT2D eigenvalue weighted by Gasteiger charge is -2.23. The highest BCUT2D eigenvalue weighted by Gasteiger charge is 2.21. The van der Waals surface area contributed by atoms with E-state index in [9.17, 15) is 0 Å². The number of hydrogen-bond acceptors (Lipinski definition) is 4. The van der Waals surface area contributed by atoms with Gasteiger partial charge in [-0.05, 0) is 24.8 Å². The van der Waals surface area contributed by atoms with Crippen LogP contribution >= 0.6 is 0 Å². The molecule has 110 valence electrons. The third-order valence-corrected chi connectivity index (χ3v) is 4.06. The van der Waals surface area contributed by atoms with Crippen molar-refractivity contribution in [2.45, 2.75) is 32.2 Å². The minimum absolute atomic E-state index is 0.283. The lowest BCUT2D eigenvalue weighted by molar-refractivity contribution is 0.184. The molecule has 0 amide bonds. The molecule has 4 nitrogen and oxygen atoms in total. The first-order valence-corrected chi connectivity index (χ1v) is 7.51. The Bertz CT molecular complexity index is 627. The largest absolute Gasteiger partial charge is 0.383 e. The molecule has 0 saturated heterocycles. The summed E-state index contributed by atoms with van der Waals surface area (Å²) in [5.74, 6) is 0.957. The van der Waals surface area contributed by atoms with Gasteiger partial charge < -0.3 is 10.1 Å². The molecule has 0 fully saturated rings. The average molecular weight is 283 g/mol. The van der Waals surface area contributed by atoms with Crippen molar-refractivity contribution >= 4 is 5.82 Å². The van der Waals surface area contributed by atoms with E-state index in [1.807, 2.05) is 0 Å². The summed E-state index contributed by atoms with van der Waals surface area (Å²) in [5, 5.41) is 3.51. The number of nitrogens with zero attached hydrogens (tertiary/aromatic N) is 2. The number of hydrogen-bond donors (Lipinski definition) is 1. The van der Waals surface area contributed by atoms with Gasteiger partial charge in [0.15, 0.2) is 0 Å². The van der Waals surface area contributed by atoms with Gasteiger partial charge in [0.2, 0.25) is 0 Å². The smallest absolute Gasteiger partial charge is 0.133 e. The zero-order valence-corrected chi connectivity index (χ0v) is 12.6. The molecule has 4 heteroatoms. The molecule has 0 aliphatic heterocycles. The summed E-state index contributed by atoms with van der Waals surface area (Å²) in [6.45, 7) is 2.84. The number of benzene rings is 1. The van der Waals surface area contributed by atoms with Gasteiger partial charge in [-0.15, -0.1) is 0 Å². The van der Waals surface area contributed by atoms with Crippen LogP contribution in [0.5, 0.6) is 0 Å². The second kappa shape index (κ2) is 6.22. The zero-order chi connectivity index (χ0) is 14.7. The highest BCUT2D eigenvalue weighted by molar-refractivity contribution is 5.73. The number of anilines is 1. The number of nitrogens with one attached hydrogen (secondary N) is 1.